The standard InChI is InChI=1S/C7H7S.Li/c1-8-7-5-3-2-4-6-7;/h2-5H,1H3;/q-1;+1. The first-order valence-electron chi connectivity index (χ1n) is 2.44. The predicted molar refractivity (Wildman–Crippen MR) is 37.1 cm³/mol. The molecule has 0 spiro atoms. The van der Waals surface area contributed by atoms with Gasteiger partial charge in [0.1, 0.15) is 0 Å². The van der Waals surface area contributed by atoms with Gasteiger partial charge in [0, 0.05) is 0 Å². The Kier molecular flexibility index (Phi) is 5.09. The smallest absolute Gasteiger partial charge is 0.176 e. The number of rotatable bonds is 1. The Hall–Kier alpha value is 0.167. The Morgan fingerprint density at radius 1 is 1.44 bits per heavy atom. The van der Waals surface area contributed by atoms with Crippen LogP contribution in [0.1, 0.15) is 0 Å². The first-order chi connectivity index (χ1) is 3.93. The van der Waals surface area contributed by atoms with Crippen molar-refractivity contribution in [2.24, 2.45) is 0 Å². The van der Waals surface area contributed by atoms with Crippen molar-refractivity contribution >= 4 is 11.8 Å². The van der Waals surface area contributed by atoms with Crippen LogP contribution < -0.4 is 18.9 Å². The Bertz CT molecular complexity index is 150. The molecule has 2 heteroatoms. The summed E-state index contributed by atoms with van der Waals surface area (Å²) in [5.74, 6) is 0. The molecule has 1 rings (SSSR count). The fourth-order valence-corrected chi connectivity index (χ4v) is 0.904. The van der Waals surface area contributed by atoms with E-state index in [2.05, 4.69) is 6.07 Å². The molecule has 0 nitrogen and oxygen atoms in total. The van der Waals surface area contributed by atoms with Crippen molar-refractivity contribution < 1.29 is 18.9 Å². The fourth-order valence-electron chi connectivity index (χ4n) is 0.504. The van der Waals surface area contributed by atoms with Gasteiger partial charge >= 0.3 is 18.9 Å². The van der Waals surface area contributed by atoms with Gasteiger partial charge < -0.3 is 0 Å². The first-order valence-corrected chi connectivity index (χ1v) is 3.66. The molecule has 9 heavy (non-hydrogen) atoms. The van der Waals surface area contributed by atoms with Crippen molar-refractivity contribution in [3.05, 3.63) is 30.3 Å². The van der Waals surface area contributed by atoms with E-state index in [0.717, 1.165) is 0 Å². The molecular formula is C7H7LiS. The molecule has 0 aromatic heterocycles. The van der Waals surface area contributed by atoms with E-state index in [0.29, 0.717) is 0 Å². The van der Waals surface area contributed by atoms with E-state index >= 15 is 0 Å². The second-order valence-electron chi connectivity index (χ2n) is 1.43. The third kappa shape index (κ3) is 3.01. The molecule has 0 unspecified atom stereocenters. The van der Waals surface area contributed by atoms with Crippen LogP contribution in [0.5, 0.6) is 0 Å². The molecule has 0 heterocycles. The van der Waals surface area contributed by atoms with E-state index in [-0.39, 0.29) is 18.9 Å². The Morgan fingerprint density at radius 3 is 2.56 bits per heavy atom. The second-order valence-corrected chi connectivity index (χ2v) is 2.28. The fraction of sp³-hybridized carbons (Fsp3) is 0.143. The molecule has 0 aliphatic rings. The summed E-state index contributed by atoms with van der Waals surface area (Å²) in [5.41, 5.74) is 0. The molecule has 42 valence electrons. The minimum Gasteiger partial charge on any atom is -0.176 e. The van der Waals surface area contributed by atoms with E-state index < -0.39 is 0 Å². The van der Waals surface area contributed by atoms with Crippen molar-refractivity contribution in [2.75, 3.05) is 6.26 Å². The first kappa shape index (κ1) is 9.17. The molecule has 0 fully saturated rings. The molecule has 0 bridgehead atoms. The molecule has 0 saturated carbocycles. The van der Waals surface area contributed by atoms with Crippen molar-refractivity contribution in [3.8, 4) is 0 Å². The Balaban J connectivity index is 0.000000640. The van der Waals surface area contributed by atoms with Gasteiger partial charge in [-0.25, -0.2) is 0 Å². The van der Waals surface area contributed by atoms with Crippen LogP contribution in [0, 0.1) is 6.07 Å². The second kappa shape index (κ2) is 4.99. The number of hydrogen-bond donors (Lipinski definition) is 0. The molecule has 1 aromatic rings. The van der Waals surface area contributed by atoms with E-state index in [1.807, 2.05) is 30.5 Å². The Labute approximate surface area is 72.2 Å². The summed E-state index contributed by atoms with van der Waals surface area (Å²) in [7, 11) is 0. The summed E-state index contributed by atoms with van der Waals surface area (Å²) in [6.07, 6.45) is 2.05. The molecule has 0 radical (unpaired) electrons. The van der Waals surface area contributed by atoms with Crippen LogP contribution in [-0.4, -0.2) is 6.26 Å². The van der Waals surface area contributed by atoms with Crippen LogP contribution in [0.2, 0.25) is 0 Å². The van der Waals surface area contributed by atoms with Gasteiger partial charge in [0.2, 0.25) is 0 Å². The van der Waals surface area contributed by atoms with Gasteiger partial charge in [0.25, 0.3) is 0 Å². The summed E-state index contributed by atoms with van der Waals surface area (Å²) in [5, 5.41) is 0. The zero-order valence-corrected chi connectivity index (χ0v) is 6.53. The van der Waals surface area contributed by atoms with Gasteiger partial charge in [0.05, 0.1) is 0 Å². The summed E-state index contributed by atoms with van der Waals surface area (Å²) in [6.45, 7) is 0. The average molecular weight is 130 g/mol. The van der Waals surface area contributed by atoms with Crippen LogP contribution in [0.3, 0.4) is 0 Å². The average Bonchev–Trinajstić information content (AvgIpc) is 1.90. The number of thioether (sulfide) groups is 1. The van der Waals surface area contributed by atoms with E-state index in [1.54, 1.807) is 11.8 Å². The molecule has 0 N–H and O–H groups in total. The summed E-state index contributed by atoms with van der Waals surface area (Å²) >= 11 is 1.71. The molecule has 0 amide bonds. The number of benzene rings is 1. The zero-order chi connectivity index (χ0) is 5.82. The van der Waals surface area contributed by atoms with Gasteiger partial charge in [-0.15, -0.1) is 4.90 Å². The third-order valence-corrected chi connectivity index (χ3v) is 1.59. The third-order valence-electron chi connectivity index (χ3n) is 0.900. The van der Waals surface area contributed by atoms with E-state index in [1.165, 1.54) is 4.90 Å². The van der Waals surface area contributed by atoms with Gasteiger partial charge in [-0.1, -0.05) is 0 Å². The molecular weight excluding hydrogens is 123 g/mol. The van der Waals surface area contributed by atoms with Gasteiger partial charge in [-0.3, -0.25) is 0 Å². The molecule has 0 atom stereocenters. The quantitative estimate of drug-likeness (QED) is 0.273. The maximum absolute atomic E-state index is 3.08. The minimum atomic E-state index is 0. The molecule has 0 saturated heterocycles. The van der Waals surface area contributed by atoms with Crippen LogP contribution in [0.15, 0.2) is 29.2 Å². The maximum Gasteiger partial charge on any atom is 1.00 e. The maximum atomic E-state index is 3.08. The van der Waals surface area contributed by atoms with Crippen molar-refractivity contribution in [3.63, 3.8) is 0 Å². The SMILES string of the molecule is CSc1[c-]cccc1.[Li+]. The van der Waals surface area contributed by atoms with Crippen LogP contribution in [0.4, 0.5) is 0 Å². The normalized spacial score (nSPS) is 8.11. The number of hydrogen-bond acceptors (Lipinski definition) is 1. The van der Waals surface area contributed by atoms with Crippen molar-refractivity contribution in [1.29, 1.82) is 0 Å². The monoisotopic (exact) mass is 130 g/mol. The van der Waals surface area contributed by atoms with Crippen molar-refractivity contribution in [2.45, 2.75) is 4.90 Å². The molecule has 0 aliphatic carbocycles. The van der Waals surface area contributed by atoms with Crippen LogP contribution in [-0.2, 0) is 0 Å². The van der Waals surface area contributed by atoms with Gasteiger partial charge in [-0.05, 0) is 6.26 Å². The molecule has 0 aliphatic heterocycles. The summed E-state index contributed by atoms with van der Waals surface area (Å²) < 4.78 is 0. The minimum absolute atomic E-state index is 0. The van der Waals surface area contributed by atoms with Crippen LogP contribution in [0.25, 0.3) is 0 Å². The van der Waals surface area contributed by atoms with Gasteiger partial charge in [0.15, 0.2) is 0 Å². The summed E-state index contributed by atoms with van der Waals surface area (Å²) in [4.78, 5) is 1.20. The van der Waals surface area contributed by atoms with Crippen LogP contribution >= 0.6 is 11.8 Å². The summed E-state index contributed by atoms with van der Waals surface area (Å²) in [6, 6.07) is 11.0. The largest absolute Gasteiger partial charge is 1.00 e. The zero-order valence-electron chi connectivity index (χ0n) is 5.72. The van der Waals surface area contributed by atoms with Gasteiger partial charge in [-0.2, -0.15) is 42.1 Å². The Morgan fingerprint density at radius 2 is 2.22 bits per heavy atom. The predicted octanol–water partition coefficient (Wildman–Crippen LogP) is -0.787. The van der Waals surface area contributed by atoms with Crippen molar-refractivity contribution in [1.82, 2.24) is 0 Å². The topological polar surface area (TPSA) is 0 Å². The van der Waals surface area contributed by atoms with E-state index in [4.69, 9.17) is 0 Å². The molecule has 1 aromatic carbocycles. The van der Waals surface area contributed by atoms with E-state index in [9.17, 15) is 0 Å².